The molecular formula is C21H12ClF2NO2. The lowest BCUT2D eigenvalue weighted by Gasteiger charge is -2.15. The van der Waals surface area contributed by atoms with Gasteiger partial charge in [-0.05, 0) is 35.9 Å². The van der Waals surface area contributed by atoms with Crippen LogP contribution in [-0.4, -0.2) is 9.67 Å². The fraction of sp³-hybridized carbons (Fsp3) is 0. The van der Waals surface area contributed by atoms with Crippen molar-refractivity contribution in [2.45, 2.75) is 0 Å². The zero-order valence-electron chi connectivity index (χ0n) is 13.8. The molecule has 3 aromatic carbocycles. The lowest BCUT2D eigenvalue weighted by molar-refractivity contribution is 0.476. The smallest absolute Gasteiger partial charge is 0.255 e. The number of fused-ring (bicyclic) bond motifs is 1. The van der Waals surface area contributed by atoms with Crippen molar-refractivity contribution in [3.05, 3.63) is 93.7 Å². The first-order valence-electron chi connectivity index (χ1n) is 8.05. The van der Waals surface area contributed by atoms with E-state index in [1.165, 1.54) is 24.3 Å². The van der Waals surface area contributed by atoms with Gasteiger partial charge in [-0.25, -0.2) is 8.78 Å². The topological polar surface area (TPSA) is 42.2 Å². The second-order valence-corrected chi connectivity index (χ2v) is 6.39. The van der Waals surface area contributed by atoms with E-state index in [1.54, 1.807) is 30.3 Å². The standard InChI is InChI=1S/C21H12ClF2NO2/c22-16-5-2-1-4-13(16)15-10-12(26)11-19-14(15)8-9-20(27)25(19)21-17(23)6-3-7-18(21)24/h1-11,26H. The molecule has 0 bridgehead atoms. The maximum Gasteiger partial charge on any atom is 0.255 e. The van der Waals surface area contributed by atoms with E-state index >= 15 is 0 Å². The number of nitrogens with zero attached hydrogens (tertiary/aromatic N) is 1. The molecule has 0 spiro atoms. The van der Waals surface area contributed by atoms with Crippen LogP contribution in [0.4, 0.5) is 8.78 Å². The summed E-state index contributed by atoms with van der Waals surface area (Å²) >= 11 is 6.28. The highest BCUT2D eigenvalue weighted by Gasteiger charge is 2.18. The van der Waals surface area contributed by atoms with Gasteiger partial charge in [0.25, 0.3) is 5.56 Å². The van der Waals surface area contributed by atoms with Gasteiger partial charge >= 0.3 is 0 Å². The summed E-state index contributed by atoms with van der Waals surface area (Å²) in [4.78, 5) is 12.5. The van der Waals surface area contributed by atoms with E-state index in [9.17, 15) is 18.7 Å². The van der Waals surface area contributed by atoms with Gasteiger partial charge in [0.2, 0.25) is 0 Å². The van der Waals surface area contributed by atoms with Gasteiger partial charge in [0.1, 0.15) is 23.1 Å². The number of halogens is 3. The molecule has 0 atom stereocenters. The zero-order chi connectivity index (χ0) is 19.1. The van der Waals surface area contributed by atoms with E-state index < -0.39 is 22.9 Å². The van der Waals surface area contributed by atoms with Crippen molar-refractivity contribution in [2.24, 2.45) is 0 Å². The summed E-state index contributed by atoms with van der Waals surface area (Å²) in [7, 11) is 0. The molecule has 1 aromatic heterocycles. The van der Waals surface area contributed by atoms with E-state index in [2.05, 4.69) is 0 Å². The minimum absolute atomic E-state index is 0.159. The second-order valence-electron chi connectivity index (χ2n) is 5.98. The van der Waals surface area contributed by atoms with E-state index in [0.29, 0.717) is 21.5 Å². The molecule has 0 saturated carbocycles. The lowest BCUT2D eigenvalue weighted by Crippen LogP contribution is -2.20. The highest BCUT2D eigenvalue weighted by Crippen LogP contribution is 2.36. The van der Waals surface area contributed by atoms with Gasteiger partial charge in [0.15, 0.2) is 0 Å². The first-order chi connectivity index (χ1) is 13.0. The normalized spacial score (nSPS) is 11.1. The third-order valence-corrected chi connectivity index (χ3v) is 4.65. The minimum Gasteiger partial charge on any atom is -0.508 e. The fourth-order valence-corrected chi connectivity index (χ4v) is 3.40. The van der Waals surface area contributed by atoms with E-state index in [1.807, 2.05) is 0 Å². The number of hydrogen-bond acceptors (Lipinski definition) is 2. The van der Waals surface area contributed by atoms with Crippen LogP contribution < -0.4 is 5.56 Å². The Labute approximate surface area is 157 Å². The number of benzene rings is 3. The molecule has 0 amide bonds. The first kappa shape index (κ1) is 17.2. The van der Waals surface area contributed by atoms with Gasteiger partial charge in [-0.1, -0.05) is 35.9 Å². The minimum atomic E-state index is -0.882. The van der Waals surface area contributed by atoms with Crippen LogP contribution in [0.5, 0.6) is 5.75 Å². The lowest BCUT2D eigenvalue weighted by atomic mass is 9.99. The Bertz CT molecular complexity index is 1230. The Hall–Kier alpha value is -3.18. The molecule has 6 heteroatoms. The molecule has 1 N–H and O–H groups in total. The van der Waals surface area contributed by atoms with Crippen LogP contribution >= 0.6 is 11.6 Å². The van der Waals surface area contributed by atoms with Crippen molar-refractivity contribution >= 4 is 22.5 Å². The van der Waals surface area contributed by atoms with Crippen molar-refractivity contribution in [1.29, 1.82) is 0 Å². The maximum absolute atomic E-state index is 14.3. The van der Waals surface area contributed by atoms with Crippen molar-refractivity contribution in [3.63, 3.8) is 0 Å². The van der Waals surface area contributed by atoms with Gasteiger partial charge in [-0.2, -0.15) is 0 Å². The Kier molecular flexibility index (Phi) is 4.16. The Morgan fingerprint density at radius 2 is 1.56 bits per heavy atom. The van der Waals surface area contributed by atoms with Gasteiger partial charge in [0.05, 0.1) is 5.52 Å². The van der Waals surface area contributed by atoms with Gasteiger partial charge in [-0.15, -0.1) is 0 Å². The van der Waals surface area contributed by atoms with Gasteiger partial charge in [0, 0.05) is 28.1 Å². The molecule has 4 rings (SSSR count). The summed E-state index contributed by atoms with van der Waals surface area (Å²) in [5.41, 5.74) is 0.216. The number of hydrogen-bond donors (Lipinski definition) is 1. The monoisotopic (exact) mass is 383 g/mol. The molecular weight excluding hydrogens is 372 g/mol. The van der Waals surface area contributed by atoms with Crippen molar-refractivity contribution in [3.8, 4) is 22.6 Å². The number of phenolic OH excluding ortho intramolecular Hbond substituents is 1. The molecule has 4 aromatic rings. The molecule has 1 heterocycles. The Morgan fingerprint density at radius 1 is 0.852 bits per heavy atom. The molecule has 0 aliphatic heterocycles. The van der Waals surface area contributed by atoms with Crippen LogP contribution in [0.1, 0.15) is 0 Å². The van der Waals surface area contributed by atoms with Crippen LogP contribution in [0.2, 0.25) is 5.02 Å². The average Bonchev–Trinajstić information content (AvgIpc) is 2.63. The molecule has 27 heavy (non-hydrogen) atoms. The van der Waals surface area contributed by atoms with Crippen LogP contribution in [0.25, 0.3) is 27.7 Å². The third kappa shape index (κ3) is 2.86. The number of phenols is 1. The predicted molar refractivity (Wildman–Crippen MR) is 102 cm³/mol. The van der Waals surface area contributed by atoms with E-state index in [4.69, 9.17) is 11.6 Å². The van der Waals surface area contributed by atoms with Crippen LogP contribution in [-0.2, 0) is 0 Å². The SMILES string of the molecule is O=c1ccc2c(-c3ccccc3Cl)cc(O)cc2n1-c1c(F)cccc1F. The quantitative estimate of drug-likeness (QED) is 0.510. The van der Waals surface area contributed by atoms with E-state index in [-0.39, 0.29) is 11.3 Å². The highest BCUT2D eigenvalue weighted by molar-refractivity contribution is 6.33. The first-order valence-corrected chi connectivity index (χ1v) is 8.43. The summed E-state index contributed by atoms with van der Waals surface area (Å²) in [6.45, 7) is 0. The molecule has 0 radical (unpaired) electrons. The Morgan fingerprint density at radius 3 is 2.26 bits per heavy atom. The second kappa shape index (κ2) is 6.52. The van der Waals surface area contributed by atoms with Crippen LogP contribution in [0.3, 0.4) is 0 Å². The fourth-order valence-electron chi connectivity index (χ4n) is 3.17. The molecule has 0 aliphatic carbocycles. The molecule has 134 valence electrons. The average molecular weight is 384 g/mol. The van der Waals surface area contributed by atoms with Crippen molar-refractivity contribution in [2.75, 3.05) is 0 Å². The predicted octanol–water partition coefficient (Wildman–Crippen LogP) is 5.29. The molecule has 3 nitrogen and oxygen atoms in total. The highest BCUT2D eigenvalue weighted by atomic mass is 35.5. The summed E-state index contributed by atoms with van der Waals surface area (Å²) in [5, 5.41) is 11.2. The maximum atomic E-state index is 14.3. The third-order valence-electron chi connectivity index (χ3n) is 4.32. The summed E-state index contributed by atoms with van der Waals surface area (Å²) < 4.78 is 29.6. The number of para-hydroxylation sites is 1. The zero-order valence-corrected chi connectivity index (χ0v) is 14.5. The van der Waals surface area contributed by atoms with E-state index in [0.717, 1.165) is 16.7 Å². The number of rotatable bonds is 2. The number of aromatic nitrogens is 1. The summed E-state index contributed by atoms with van der Waals surface area (Å²) in [6.07, 6.45) is 0. The van der Waals surface area contributed by atoms with Crippen LogP contribution in [0.15, 0.2) is 71.5 Å². The molecule has 0 fully saturated rings. The van der Waals surface area contributed by atoms with Gasteiger partial charge < -0.3 is 5.11 Å². The van der Waals surface area contributed by atoms with Gasteiger partial charge in [-0.3, -0.25) is 9.36 Å². The van der Waals surface area contributed by atoms with Crippen LogP contribution in [0, 0.1) is 11.6 Å². The Balaban J connectivity index is 2.16. The number of pyridine rings is 1. The van der Waals surface area contributed by atoms with Crippen molar-refractivity contribution in [1.82, 2.24) is 4.57 Å². The van der Waals surface area contributed by atoms with Crippen molar-refractivity contribution < 1.29 is 13.9 Å². The molecule has 0 unspecified atom stereocenters. The summed E-state index contributed by atoms with van der Waals surface area (Å²) in [5.74, 6) is -1.92. The largest absolute Gasteiger partial charge is 0.508 e. The summed E-state index contributed by atoms with van der Waals surface area (Å²) in [6, 6.07) is 15.9. The molecule has 0 saturated heterocycles. The number of aromatic hydroxyl groups is 1. The molecule has 0 aliphatic rings.